The highest BCUT2D eigenvalue weighted by Crippen LogP contribution is 2.50. The van der Waals surface area contributed by atoms with E-state index in [0.717, 1.165) is 23.6 Å². The van der Waals surface area contributed by atoms with E-state index in [2.05, 4.69) is 28.6 Å². The molecule has 1 spiro atoms. The number of aryl methyl sites for hydroxylation is 1. The van der Waals surface area contributed by atoms with Crippen LogP contribution in [0.4, 0.5) is 0 Å². The Morgan fingerprint density at radius 1 is 1.39 bits per heavy atom. The lowest BCUT2D eigenvalue weighted by molar-refractivity contribution is 0.0494. The van der Waals surface area contributed by atoms with Gasteiger partial charge in [-0.1, -0.05) is 22.9 Å². The minimum atomic E-state index is -0.375. The average Bonchev–Trinajstić information content (AvgIpc) is 3.02. The Labute approximate surface area is 140 Å². The molecule has 1 aromatic heterocycles. The number of piperidine rings is 1. The Balaban J connectivity index is 1.75. The lowest BCUT2D eigenvalue weighted by Crippen LogP contribution is -2.51. The van der Waals surface area contributed by atoms with Crippen LogP contribution in [-0.2, 0) is 18.9 Å². The highest BCUT2D eigenvalue weighted by molar-refractivity contribution is 6.30. The van der Waals surface area contributed by atoms with Gasteiger partial charge in [0, 0.05) is 29.7 Å². The fourth-order valence-electron chi connectivity index (χ4n) is 4.46. The fourth-order valence-corrected chi connectivity index (χ4v) is 4.66. The zero-order valence-electron chi connectivity index (χ0n) is 13.3. The summed E-state index contributed by atoms with van der Waals surface area (Å²) >= 11 is 6.14. The second-order valence-corrected chi connectivity index (χ2v) is 7.46. The predicted molar refractivity (Wildman–Crippen MR) is 88.4 cm³/mol. The quantitative estimate of drug-likeness (QED) is 0.840. The van der Waals surface area contributed by atoms with E-state index in [-0.39, 0.29) is 17.6 Å². The van der Waals surface area contributed by atoms with Gasteiger partial charge >= 0.3 is 0 Å². The van der Waals surface area contributed by atoms with Crippen molar-refractivity contribution in [3.8, 4) is 0 Å². The molecule has 1 aliphatic carbocycles. The number of aliphatic hydroxyl groups excluding tert-OH is 1. The van der Waals surface area contributed by atoms with Gasteiger partial charge in [0.05, 0.1) is 17.8 Å². The third-order valence-corrected chi connectivity index (χ3v) is 5.59. The average molecular weight is 333 g/mol. The van der Waals surface area contributed by atoms with Gasteiger partial charge in [-0.15, -0.1) is 5.10 Å². The van der Waals surface area contributed by atoms with Crippen molar-refractivity contribution in [2.75, 3.05) is 0 Å². The molecular formula is C17H21ClN4O. The molecule has 23 heavy (non-hydrogen) atoms. The molecule has 2 aromatic rings. The molecule has 4 rings (SSSR count). The normalized spacial score (nSPS) is 33.1. The molecule has 0 bridgehead atoms. The lowest BCUT2D eigenvalue weighted by Gasteiger charge is -2.44. The molecule has 0 amide bonds. The summed E-state index contributed by atoms with van der Waals surface area (Å²) in [6, 6.07) is 6.43. The van der Waals surface area contributed by atoms with Crippen molar-refractivity contribution in [3.63, 3.8) is 0 Å². The maximum atomic E-state index is 10.9. The highest BCUT2D eigenvalue weighted by Gasteiger charge is 2.50. The van der Waals surface area contributed by atoms with Crippen LogP contribution in [0, 0.1) is 0 Å². The van der Waals surface area contributed by atoms with E-state index in [1.165, 1.54) is 11.1 Å². The van der Waals surface area contributed by atoms with Gasteiger partial charge in [-0.2, -0.15) is 0 Å². The highest BCUT2D eigenvalue weighted by atomic mass is 35.5. The van der Waals surface area contributed by atoms with Crippen LogP contribution in [0.5, 0.6) is 0 Å². The van der Waals surface area contributed by atoms with Crippen molar-refractivity contribution in [1.82, 2.24) is 20.3 Å². The first-order valence-corrected chi connectivity index (χ1v) is 8.45. The van der Waals surface area contributed by atoms with E-state index in [4.69, 9.17) is 11.6 Å². The van der Waals surface area contributed by atoms with Gasteiger partial charge < -0.3 is 10.4 Å². The van der Waals surface area contributed by atoms with E-state index in [1.807, 2.05) is 25.4 Å². The van der Waals surface area contributed by atoms with Crippen LogP contribution >= 0.6 is 11.6 Å². The predicted octanol–water partition coefficient (Wildman–Crippen LogP) is 2.14. The van der Waals surface area contributed by atoms with Gasteiger partial charge in [0.15, 0.2) is 0 Å². The molecule has 0 radical (unpaired) electrons. The summed E-state index contributed by atoms with van der Waals surface area (Å²) in [5.41, 5.74) is 3.13. The van der Waals surface area contributed by atoms with E-state index >= 15 is 0 Å². The smallest absolute Gasteiger partial charge is 0.0996 e. The molecule has 1 aliphatic heterocycles. The molecule has 122 valence electrons. The van der Waals surface area contributed by atoms with Crippen LogP contribution in [0.25, 0.3) is 0 Å². The summed E-state index contributed by atoms with van der Waals surface area (Å²) in [7, 11) is 1.88. The van der Waals surface area contributed by atoms with E-state index in [1.54, 1.807) is 4.68 Å². The van der Waals surface area contributed by atoms with E-state index in [0.29, 0.717) is 12.5 Å². The molecule has 5 nitrogen and oxygen atoms in total. The standard InChI is InChI=1S/C17H21ClN4O/c1-10-7-17(8-14(19-10)15-9-22(2)21-20-15)13-4-3-12(18)5-11(13)6-16(17)23/h3-5,9-10,14,16,19,23H,6-8H2,1-2H3/t10-,14-,16?,17?/m0/s1. The van der Waals surface area contributed by atoms with Crippen LogP contribution in [0.3, 0.4) is 0 Å². The summed E-state index contributed by atoms with van der Waals surface area (Å²) in [6.07, 6.45) is 3.99. The van der Waals surface area contributed by atoms with Crippen LogP contribution in [0.2, 0.25) is 5.02 Å². The molecular weight excluding hydrogens is 312 g/mol. The van der Waals surface area contributed by atoms with Crippen LogP contribution in [-0.4, -0.2) is 32.2 Å². The summed E-state index contributed by atoms with van der Waals surface area (Å²) in [4.78, 5) is 0. The molecule has 2 unspecified atom stereocenters. The largest absolute Gasteiger partial charge is 0.392 e. The van der Waals surface area contributed by atoms with E-state index < -0.39 is 0 Å². The number of hydrogen-bond acceptors (Lipinski definition) is 4. The number of nitrogens with zero attached hydrogens (tertiary/aromatic N) is 3. The van der Waals surface area contributed by atoms with Crippen molar-refractivity contribution in [2.45, 2.75) is 49.8 Å². The van der Waals surface area contributed by atoms with Crippen LogP contribution in [0.15, 0.2) is 24.4 Å². The Morgan fingerprint density at radius 3 is 2.96 bits per heavy atom. The number of fused-ring (bicyclic) bond motifs is 2. The second-order valence-electron chi connectivity index (χ2n) is 7.02. The molecule has 0 saturated carbocycles. The first-order chi connectivity index (χ1) is 11.0. The Kier molecular flexibility index (Phi) is 3.48. The van der Waals surface area contributed by atoms with Crippen molar-refractivity contribution >= 4 is 11.6 Å². The Bertz CT molecular complexity index is 746. The van der Waals surface area contributed by atoms with Crippen molar-refractivity contribution in [1.29, 1.82) is 0 Å². The van der Waals surface area contributed by atoms with Crippen molar-refractivity contribution < 1.29 is 5.11 Å². The summed E-state index contributed by atoms with van der Waals surface area (Å²) in [5, 5.41) is 23.6. The third kappa shape index (κ3) is 2.38. The molecule has 1 saturated heterocycles. The zero-order valence-corrected chi connectivity index (χ0v) is 14.1. The summed E-state index contributed by atoms with van der Waals surface area (Å²) in [6.45, 7) is 2.17. The van der Waals surface area contributed by atoms with Crippen molar-refractivity contribution in [2.24, 2.45) is 7.05 Å². The molecule has 2 aliphatic rings. The number of aliphatic hydroxyl groups is 1. The molecule has 2 heterocycles. The zero-order chi connectivity index (χ0) is 16.2. The fraction of sp³-hybridized carbons (Fsp3) is 0.529. The monoisotopic (exact) mass is 332 g/mol. The number of nitrogens with one attached hydrogen (secondary N) is 1. The maximum Gasteiger partial charge on any atom is 0.0996 e. The molecule has 1 fully saturated rings. The minimum absolute atomic E-state index is 0.101. The molecule has 2 N–H and O–H groups in total. The van der Waals surface area contributed by atoms with Gasteiger partial charge in [0.1, 0.15) is 0 Å². The topological polar surface area (TPSA) is 63.0 Å². The first-order valence-electron chi connectivity index (χ1n) is 8.07. The van der Waals surface area contributed by atoms with Gasteiger partial charge in [-0.25, -0.2) is 0 Å². The van der Waals surface area contributed by atoms with E-state index in [9.17, 15) is 5.11 Å². The van der Waals surface area contributed by atoms with Crippen LogP contribution in [0.1, 0.15) is 42.6 Å². The van der Waals surface area contributed by atoms with Crippen molar-refractivity contribution in [3.05, 3.63) is 46.2 Å². The molecule has 1 aromatic carbocycles. The second kappa shape index (κ2) is 5.30. The number of hydrogen-bond donors (Lipinski definition) is 2. The maximum absolute atomic E-state index is 10.9. The first kappa shape index (κ1) is 15.1. The van der Waals surface area contributed by atoms with Gasteiger partial charge in [-0.05, 0) is 49.4 Å². The van der Waals surface area contributed by atoms with Gasteiger partial charge in [-0.3, -0.25) is 4.68 Å². The summed E-state index contributed by atoms with van der Waals surface area (Å²) < 4.78 is 1.72. The number of halogens is 1. The molecule has 4 atom stereocenters. The number of benzene rings is 1. The number of aromatic nitrogens is 3. The SMILES string of the molecule is C[C@H]1CC2(C[C@@H](c3cn(C)nn3)N1)c1ccc(Cl)cc1CC2O. The van der Waals surface area contributed by atoms with Crippen LogP contribution < -0.4 is 5.32 Å². The number of rotatable bonds is 1. The lowest BCUT2D eigenvalue weighted by atomic mass is 9.68. The minimum Gasteiger partial charge on any atom is -0.392 e. The Hall–Kier alpha value is -1.43. The third-order valence-electron chi connectivity index (χ3n) is 5.36. The molecule has 6 heteroatoms. The summed E-state index contributed by atoms with van der Waals surface area (Å²) in [5.74, 6) is 0. The van der Waals surface area contributed by atoms with Gasteiger partial charge in [0.25, 0.3) is 0 Å². The Morgan fingerprint density at radius 2 is 2.22 bits per heavy atom. The van der Waals surface area contributed by atoms with Gasteiger partial charge in [0.2, 0.25) is 0 Å².